The molecule has 1 aromatic rings. The predicted octanol–water partition coefficient (Wildman–Crippen LogP) is 2.06. The van der Waals surface area contributed by atoms with Crippen molar-refractivity contribution in [3.05, 3.63) is 36.2 Å². The molecule has 2 rings (SSSR count). The smallest absolute Gasteiger partial charge is 0.405 e. The molecule has 4 nitrogen and oxygen atoms in total. The Kier molecular flexibility index (Phi) is 3.42. The Labute approximate surface area is 101 Å². The Balaban J connectivity index is 2.14. The van der Waals surface area contributed by atoms with Crippen LogP contribution in [0.25, 0.3) is 0 Å². The number of benzene rings is 1. The lowest BCUT2D eigenvalue weighted by Gasteiger charge is -2.17. The summed E-state index contributed by atoms with van der Waals surface area (Å²) in [7, 11) is 0. The van der Waals surface area contributed by atoms with Crippen LogP contribution in [0.4, 0.5) is 13.2 Å². The highest BCUT2D eigenvalue weighted by Gasteiger charge is 2.32. The molecule has 1 saturated heterocycles. The van der Waals surface area contributed by atoms with Crippen molar-refractivity contribution in [3.63, 3.8) is 0 Å². The van der Waals surface area contributed by atoms with E-state index in [1.165, 1.54) is 24.6 Å². The fourth-order valence-corrected chi connectivity index (χ4v) is 1.50. The van der Waals surface area contributed by atoms with Crippen molar-refractivity contribution in [2.45, 2.75) is 12.9 Å². The molecular formula is C11H9F3NO3. The molecule has 1 amide bonds. The molecule has 1 aliphatic rings. The average molecular weight is 260 g/mol. The molecule has 1 radical (unpaired) electrons. The summed E-state index contributed by atoms with van der Waals surface area (Å²) in [6.07, 6.45) is -3.47. The van der Waals surface area contributed by atoms with Gasteiger partial charge in [-0.25, -0.2) is 5.06 Å². The summed E-state index contributed by atoms with van der Waals surface area (Å²) in [5.74, 6) is -0.717. The van der Waals surface area contributed by atoms with Gasteiger partial charge in [-0.3, -0.25) is 9.63 Å². The lowest BCUT2D eigenvalue weighted by atomic mass is 10.2. The highest BCUT2D eigenvalue weighted by Crippen LogP contribution is 2.27. The van der Waals surface area contributed by atoms with Crippen molar-refractivity contribution in [1.82, 2.24) is 5.06 Å². The highest BCUT2D eigenvalue weighted by atomic mass is 19.4. The number of hydrogen-bond donors (Lipinski definition) is 0. The molecule has 0 aliphatic carbocycles. The number of ether oxygens (including phenoxy) is 1. The summed E-state index contributed by atoms with van der Waals surface area (Å²) in [5.41, 5.74) is 0.221. The molecule has 18 heavy (non-hydrogen) atoms. The second-order valence-electron chi connectivity index (χ2n) is 3.53. The quantitative estimate of drug-likeness (QED) is 0.835. The van der Waals surface area contributed by atoms with E-state index in [-0.39, 0.29) is 30.4 Å². The van der Waals surface area contributed by atoms with Gasteiger partial charge < -0.3 is 4.74 Å². The first-order chi connectivity index (χ1) is 8.46. The van der Waals surface area contributed by atoms with Crippen LogP contribution in [0.15, 0.2) is 24.3 Å². The van der Waals surface area contributed by atoms with Crippen molar-refractivity contribution >= 4 is 5.91 Å². The molecule has 1 aromatic carbocycles. The van der Waals surface area contributed by atoms with Gasteiger partial charge in [0.1, 0.15) is 5.75 Å². The van der Waals surface area contributed by atoms with Gasteiger partial charge in [-0.15, -0.1) is 13.2 Å². The number of hydrogen-bond acceptors (Lipinski definition) is 3. The third-order valence-electron chi connectivity index (χ3n) is 2.25. The van der Waals surface area contributed by atoms with Gasteiger partial charge in [0.15, 0.2) is 0 Å². The molecule has 0 unspecified atom stereocenters. The number of nitrogens with zero attached hydrogens (tertiary/aromatic N) is 1. The maximum Gasteiger partial charge on any atom is 0.573 e. The zero-order valence-corrected chi connectivity index (χ0v) is 9.11. The first-order valence-corrected chi connectivity index (χ1v) is 5.07. The predicted molar refractivity (Wildman–Crippen MR) is 53.9 cm³/mol. The van der Waals surface area contributed by atoms with E-state index >= 15 is 0 Å². The van der Waals surface area contributed by atoms with Crippen molar-refractivity contribution in [2.75, 3.05) is 6.61 Å². The lowest BCUT2D eigenvalue weighted by molar-refractivity contribution is -0.275. The SMILES string of the molecule is O=C1[CH]CON1Cc1ccccc1OC(F)(F)F. The van der Waals surface area contributed by atoms with E-state index in [0.29, 0.717) is 0 Å². The minimum Gasteiger partial charge on any atom is -0.405 e. The number of carbonyl (C=O) groups is 1. The fourth-order valence-electron chi connectivity index (χ4n) is 1.50. The molecule has 0 aromatic heterocycles. The van der Waals surface area contributed by atoms with Crippen LogP contribution in [0.2, 0.25) is 0 Å². The van der Waals surface area contributed by atoms with Crippen molar-refractivity contribution in [1.29, 1.82) is 0 Å². The summed E-state index contributed by atoms with van der Waals surface area (Å²) >= 11 is 0. The Morgan fingerprint density at radius 2 is 2.06 bits per heavy atom. The summed E-state index contributed by atoms with van der Waals surface area (Å²) in [4.78, 5) is 16.2. The molecule has 0 spiro atoms. The van der Waals surface area contributed by atoms with Gasteiger partial charge in [-0.2, -0.15) is 0 Å². The van der Waals surface area contributed by atoms with E-state index < -0.39 is 6.36 Å². The number of para-hydroxylation sites is 1. The van der Waals surface area contributed by atoms with E-state index in [2.05, 4.69) is 4.74 Å². The summed E-state index contributed by atoms with van der Waals surface area (Å²) in [6.45, 7) is 0.0305. The fraction of sp³-hybridized carbons (Fsp3) is 0.273. The molecule has 0 atom stereocenters. The van der Waals surface area contributed by atoms with Crippen LogP contribution in [0.3, 0.4) is 0 Å². The highest BCUT2D eigenvalue weighted by molar-refractivity contribution is 5.85. The maximum atomic E-state index is 12.2. The lowest BCUT2D eigenvalue weighted by Crippen LogP contribution is -2.24. The van der Waals surface area contributed by atoms with Crippen LogP contribution >= 0.6 is 0 Å². The van der Waals surface area contributed by atoms with Gasteiger partial charge >= 0.3 is 6.36 Å². The maximum absolute atomic E-state index is 12.2. The zero-order valence-electron chi connectivity index (χ0n) is 9.11. The Bertz CT molecular complexity index is 447. The molecule has 97 valence electrons. The van der Waals surface area contributed by atoms with Gasteiger partial charge in [0, 0.05) is 5.56 Å². The third-order valence-corrected chi connectivity index (χ3v) is 2.25. The van der Waals surface area contributed by atoms with E-state index in [1.807, 2.05) is 0 Å². The van der Waals surface area contributed by atoms with Gasteiger partial charge in [0.25, 0.3) is 5.91 Å². The van der Waals surface area contributed by atoms with Crippen molar-refractivity contribution in [3.8, 4) is 5.75 Å². The van der Waals surface area contributed by atoms with Crippen molar-refractivity contribution in [2.24, 2.45) is 0 Å². The Morgan fingerprint density at radius 1 is 1.33 bits per heavy atom. The molecule has 7 heteroatoms. The molecule has 0 N–H and O–H groups in total. The van der Waals surface area contributed by atoms with E-state index in [0.717, 1.165) is 5.06 Å². The largest absolute Gasteiger partial charge is 0.573 e. The van der Waals surface area contributed by atoms with E-state index in [9.17, 15) is 18.0 Å². The normalized spacial score (nSPS) is 16.2. The van der Waals surface area contributed by atoms with Crippen LogP contribution in [0.1, 0.15) is 5.56 Å². The number of alkyl halides is 3. The van der Waals surface area contributed by atoms with Gasteiger partial charge in [-0.1, -0.05) is 18.2 Å². The zero-order chi connectivity index (χ0) is 13.2. The summed E-state index contributed by atoms with van der Waals surface area (Å²) < 4.78 is 40.4. The summed E-state index contributed by atoms with van der Waals surface area (Å²) in [5, 5.41) is 0.985. The Morgan fingerprint density at radius 3 is 2.67 bits per heavy atom. The average Bonchev–Trinajstić information content (AvgIpc) is 2.65. The third kappa shape index (κ3) is 3.13. The minimum atomic E-state index is -4.77. The molecule has 0 bridgehead atoms. The standard InChI is InChI=1S/C11H9F3NO3/c12-11(13,14)18-9-4-2-1-3-8(9)7-15-10(16)5-6-17-15/h1-5H,6-7H2. The first kappa shape index (κ1) is 12.7. The molecule has 1 fully saturated rings. The van der Waals surface area contributed by atoms with Crippen LogP contribution in [-0.4, -0.2) is 23.9 Å². The van der Waals surface area contributed by atoms with Crippen molar-refractivity contribution < 1.29 is 27.5 Å². The number of carbonyl (C=O) groups excluding carboxylic acids is 1. The second kappa shape index (κ2) is 4.85. The first-order valence-electron chi connectivity index (χ1n) is 5.07. The van der Waals surface area contributed by atoms with Crippen LogP contribution in [0.5, 0.6) is 5.75 Å². The monoisotopic (exact) mass is 260 g/mol. The number of hydroxylamine groups is 2. The molecular weight excluding hydrogens is 251 g/mol. The van der Waals surface area contributed by atoms with Crippen LogP contribution in [-0.2, 0) is 16.2 Å². The van der Waals surface area contributed by atoms with Gasteiger partial charge in [0.2, 0.25) is 0 Å². The topological polar surface area (TPSA) is 38.8 Å². The minimum absolute atomic E-state index is 0.0956. The summed E-state index contributed by atoms with van der Waals surface area (Å²) in [6, 6.07) is 5.61. The molecule has 1 heterocycles. The number of rotatable bonds is 3. The molecule has 0 saturated carbocycles. The van der Waals surface area contributed by atoms with Gasteiger partial charge in [-0.05, 0) is 6.07 Å². The van der Waals surface area contributed by atoms with Gasteiger partial charge in [0.05, 0.1) is 19.6 Å². The Hall–Kier alpha value is -1.76. The second-order valence-corrected chi connectivity index (χ2v) is 3.53. The van der Waals surface area contributed by atoms with E-state index in [4.69, 9.17) is 4.84 Å². The van der Waals surface area contributed by atoms with Crippen LogP contribution in [0, 0.1) is 6.42 Å². The van der Waals surface area contributed by atoms with E-state index in [1.54, 1.807) is 6.07 Å². The number of halogens is 3. The number of amides is 1. The van der Waals surface area contributed by atoms with Crippen LogP contribution < -0.4 is 4.74 Å². The molecule has 1 aliphatic heterocycles.